The summed E-state index contributed by atoms with van der Waals surface area (Å²) in [7, 11) is 0. The molecule has 3 aromatic rings. The summed E-state index contributed by atoms with van der Waals surface area (Å²) in [4.78, 5) is 41.9. The molecule has 4 rings (SSSR count). The fourth-order valence-corrected chi connectivity index (χ4v) is 5.25. The van der Waals surface area contributed by atoms with Gasteiger partial charge in [0.05, 0.1) is 18.1 Å². The van der Waals surface area contributed by atoms with Crippen molar-refractivity contribution in [3.05, 3.63) is 71.8 Å². The first-order chi connectivity index (χ1) is 16.5. The van der Waals surface area contributed by atoms with Crippen LogP contribution in [0.25, 0.3) is 10.4 Å². The van der Waals surface area contributed by atoms with Crippen LogP contribution in [0.15, 0.2) is 65.6 Å². The average Bonchev–Trinajstić information content (AvgIpc) is 3.52. The molecule has 7 nitrogen and oxygen atoms in total. The van der Waals surface area contributed by atoms with E-state index in [0.717, 1.165) is 27.3 Å². The van der Waals surface area contributed by atoms with Gasteiger partial charge < -0.3 is 15.0 Å². The number of carbonyl (C=O) groups excluding carboxylic acids is 3. The summed E-state index contributed by atoms with van der Waals surface area (Å²) in [6.07, 6.45) is 0.550. The predicted octanol–water partition coefficient (Wildman–Crippen LogP) is 4.66. The van der Waals surface area contributed by atoms with Gasteiger partial charge in [-0.2, -0.15) is 0 Å². The van der Waals surface area contributed by atoms with Gasteiger partial charge in [-0.15, -0.1) is 11.3 Å². The Bertz CT molecular complexity index is 1200. The van der Waals surface area contributed by atoms with E-state index < -0.39 is 5.97 Å². The summed E-state index contributed by atoms with van der Waals surface area (Å²) in [5, 5.41) is 8.98. The highest BCUT2D eigenvalue weighted by atomic mass is 32.2. The number of rotatable bonds is 7. The van der Waals surface area contributed by atoms with Crippen molar-refractivity contribution in [2.75, 3.05) is 25.0 Å². The second-order valence-corrected chi connectivity index (χ2v) is 9.57. The number of likely N-dealkylation sites (tertiary alicyclic amines) is 1. The number of hydrogen-bond donors (Lipinski definition) is 2. The van der Waals surface area contributed by atoms with Crippen molar-refractivity contribution < 1.29 is 19.1 Å². The number of carbonyl (C=O) groups is 3. The fourth-order valence-electron chi connectivity index (χ4n) is 3.85. The van der Waals surface area contributed by atoms with Gasteiger partial charge in [0.2, 0.25) is 5.91 Å². The summed E-state index contributed by atoms with van der Waals surface area (Å²) in [5.74, 6) is -1.18. The molecular weight excluding hydrogens is 470 g/mol. The van der Waals surface area contributed by atoms with Crippen LogP contribution in [-0.2, 0) is 9.53 Å². The number of nitrogens with one attached hydrogen (secondary N) is 1. The van der Waals surface area contributed by atoms with E-state index in [-0.39, 0.29) is 24.3 Å². The van der Waals surface area contributed by atoms with Gasteiger partial charge in [0, 0.05) is 28.4 Å². The first-order valence-electron chi connectivity index (χ1n) is 10.9. The molecule has 0 bridgehead atoms. The minimum atomic E-state index is -0.475. The van der Waals surface area contributed by atoms with Gasteiger partial charge in [-0.3, -0.25) is 14.7 Å². The normalized spacial score (nSPS) is 15.2. The lowest BCUT2D eigenvalue weighted by molar-refractivity contribution is -0.119. The number of nitrogens with two attached hydrogens (primary N) is 1. The van der Waals surface area contributed by atoms with Crippen molar-refractivity contribution in [1.29, 1.82) is 0 Å². The van der Waals surface area contributed by atoms with Crippen LogP contribution in [0, 0.1) is 5.92 Å². The molecule has 0 spiro atoms. The monoisotopic (exact) mass is 495 g/mol. The minimum Gasteiger partial charge on any atom is -0.462 e. The van der Waals surface area contributed by atoms with Crippen LogP contribution in [0.2, 0.25) is 0 Å². The molecule has 1 aromatic heterocycles. The molecule has 2 aromatic carbocycles. The van der Waals surface area contributed by atoms with Gasteiger partial charge in [0.1, 0.15) is 5.00 Å². The zero-order valence-electron chi connectivity index (χ0n) is 18.7. The molecule has 3 N–H and O–H groups in total. The first-order valence-corrected chi connectivity index (χ1v) is 12.6. The summed E-state index contributed by atoms with van der Waals surface area (Å²) in [6.45, 7) is 2.79. The van der Waals surface area contributed by atoms with Crippen LogP contribution >= 0.6 is 23.3 Å². The number of thiophene rings is 1. The van der Waals surface area contributed by atoms with E-state index in [0.29, 0.717) is 35.6 Å². The standard InChI is InChI=1S/C25H25N3O4S2/c1-2-32-25(31)20-14-21(16-7-4-3-5-8-16)33-23(20)27-22(29)18-11-12-28(15-18)24(30)17-9-6-10-19(13-17)34-26/h3-10,13-14,18H,2,11-12,15,26H2,1H3,(H,27,29). The third-order valence-electron chi connectivity index (χ3n) is 5.59. The Morgan fingerprint density at radius 3 is 2.68 bits per heavy atom. The van der Waals surface area contributed by atoms with Crippen molar-refractivity contribution in [2.45, 2.75) is 18.2 Å². The van der Waals surface area contributed by atoms with Gasteiger partial charge in [-0.1, -0.05) is 36.4 Å². The van der Waals surface area contributed by atoms with E-state index in [4.69, 9.17) is 9.88 Å². The highest BCUT2D eigenvalue weighted by Crippen LogP contribution is 2.36. The van der Waals surface area contributed by atoms with Crippen molar-refractivity contribution in [2.24, 2.45) is 11.1 Å². The van der Waals surface area contributed by atoms with Crippen molar-refractivity contribution in [3.63, 3.8) is 0 Å². The highest BCUT2D eigenvalue weighted by Gasteiger charge is 2.32. The number of amides is 2. The number of benzene rings is 2. The molecule has 1 unspecified atom stereocenters. The molecule has 1 saturated heterocycles. The molecule has 1 aliphatic rings. The summed E-state index contributed by atoms with van der Waals surface area (Å²) in [6, 6.07) is 18.5. The molecule has 1 fully saturated rings. The molecular formula is C25H25N3O4S2. The number of anilines is 1. The second-order valence-electron chi connectivity index (χ2n) is 7.81. The Balaban J connectivity index is 1.48. The highest BCUT2D eigenvalue weighted by molar-refractivity contribution is 7.97. The van der Waals surface area contributed by atoms with E-state index in [1.54, 1.807) is 36.1 Å². The lowest BCUT2D eigenvalue weighted by Gasteiger charge is -2.17. The maximum atomic E-state index is 13.1. The molecule has 0 radical (unpaired) electrons. The number of ether oxygens (including phenoxy) is 1. The van der Waals surface area contributed by atoms with Gasteiger partial charge in [0.15, 0.2) is 0 Å². The Morgan fingerprint density at radius 1 is 1.15 bits per heavy atom. The van der Waals surface area contributed by atoms with Crippen molar-refractivity contribution >= 4 is 46.1 Å². The topological polar surface area (TPSA) is 102 Å². The SMILES string of the molecule is CCOC(=O)c1cc(-c2ccccc2)sc1NC(=O)C1CCN(C(=O)c2cccc(SN)c2)C1. The Kier molecular flexibility index (Phi) is 7.66. The zero-order chi connectivity index (χ0) is 24.1. The maximum Gasteiger partial charge on any atom is 0.341 e. The first kappa shape index (κ1) is 24.0. The van der Waals surface area contributed by atoms with Crippen LogP contribution in [0.3, 0.4) is 0 Å². The maximum absolute atomic E-state index is 13.1. The summed E-state index contributed by atoms with van der Waals surface area (Å²) in [5.41, 5.74) is 1.84. The summed E-state index contributed by atoms with van der Waals surface area (Å²) < 4.78 is 5.19. The predicted molar refractivity (Wildman–Crippen MR) is 135 cm³/mol. The minimum absolute atomic E-state index is 0.124. The number of esters is 1. The largest absolute Gasteiger partial charge is 0.462 e. The molecule has 0 aliphatic carbocycles. The van der Waals surface area contributed by atoms with Gasteiger partial charge in [-0.25, -0.2) is 4.79 Å². The van der Waals surface area contributed by atoms with Crippen LogP contribution in [0.4, 0.5) is 5.00 Å². The van der Waals surface area contributed by atoms with Crippen LogP contribution in [0.1, 0.15) is 34.1 Å². The third kappa shape index (κ3) is 5.32. The van der Waals surface area contributed by atoms with Gasteiger partial charge in [0.25, 0.3) is 5.91 Å². The van der Waals surface area contributed by atoms with Crippen LogP contribution in [0.5, 0.6) is 0 Å². The number of hydrogen-bond acceptors (Lipinski definition) is 7. The van der Waals surface area contributed by atoms with Crippen molar-refractivity contribution in [1.82, 2.24) is 4.90 Å². The van der Waals surface area contributed by atoms with E-state index in [2.05, 4.69) is 5.32 Å². The molecule has 2 heterocycles. The Labute approximate surface area is 206 Å². The molecule has 9 heteroatoms. The lowest BCUT2D eigenvalue weighted by atomic mass is 10.1. The molecule has 176 valence electrons. The molecule has 2 amide bonds. The second kappa shape index (κ2) is 10.9. The third-order valence-corrected chi connectivity index (χ3v) is 7.21. The smallest absolute Gasteiger partial charge is 0.341 e. The summed E-state index contributed by atoms with van der Waals surface area (Å²) >= 11 is 2.42. The average molecular weight is 496 g/mol. The lowest BCUT2D eigenvalue weighted by Crippen LogP contribution is -2.31. The van der Waals surface area contributed by atoms with Crippen LogP contribution in [-0.4, -0.2) is 42.4 Å². The van der Waals surface area contributed by atoms with E-state index in [1.807, 2.05) is 36.4 Å². The van der Waals surface area contributed by atoms with Crippen LogP contribution < -0.4 is 10.5 Å². The van der Waals surface area contributed by atoms with E-state index >= 15 is 0 Å². The Morgan fingerprint density at radius 2 is 1.94 bits per heavy atom. The molecule has 0 saturated carbocycles. The van der Waals surface area contributed by atoms with Crippen molar-refractivity contribution in [3.8, 4) is 10.4 Å². The molecule has 1 atom stereocenters. The zero-order valence-corrected chi connectivity index (χ0v) is 20.3. The van der Waals surface area contributed by atoms with E-state index in [1.165, 1.54) is 11.3 Å². The number of nitrogens with zero attached hydrogens (tertiary/aromatic N) is 1. The molecule has 1 aliphatic heterocycles. The van der Waals surface area contributed by atoms with Gasteiger partial charge in [-0.05, 0) is 55.1 Å². The van der Waals surface area contributed by atoms with Gasteiger partial charge >= 0.3 is 5.97 Å². The molecule has 34 heavy (non-hydrogen) atoms. The van der Waals surface area contributed by atoms with E-state index in [9.17, 15) is 14.4 Å². The fraction of sp³-hybridized carbons (Fsp3) is 0.240. The quantitative estimate of drug-likeness (QED) is 0.365. The Hall–Kier alpha value is -3.14.